The second kappa shape index (κ2) is 6.05. The Kier molecular flexibility index (Phi) is 3.88. The van der Waals surface area contributed by atoms with Crippen LogP contribution in [0.1, 0.15) is 47.6 Å². The van der Waals surface area contributed by atoms with E-state index in [4.69, 9.17) is 4.52 Å². The molecule has 2 aromatic rings. The number of aromatic nitrogens is 3. The topological polar surface area (TPSA) is 76.2 Å². The molecule has 2 aliphatic rings. The molecule has 1 amide bonds. The minimum absolute atomic E-state index is 0.131. The van der Waals surface area contributed by atoms with Crippen LogP contribution in [0.2, 0.25) is 0 Å². The highest BCUT2D eigenvalue weighted by Gasteiger charge is 2.33. The molecule has 24 heavy (non-hydrogen) atoms. The lowest BCUT2D eigenvalue weighted by Gasteiger charge is -2.16. The minimum atomic E-state index is -0.134. The van der Waals surface area contributed by atoms with E-state index < -0.39 is 0 Å². The van der Waals surface area contributed by atoms with Crippen LogP contribution in [0.3, 0.4) is 0 Å². The largest absolute Gasteiger partial charge is 0.360 e. The lowest BCUT2D eigenvalue weighted by molar-refractivity contribution is 0.0922. The van der Waals surface area contributed by atoms with Gasteiger partial charge in [-0.05, 0) is 24.8 Å². The molecule has 0 radical (unpaired) electrons. The number of amides is 1. The van der Waals surface area contributed by atoms with Gasteiger partial charge in [-0.3, -0.25) is 14.4 Å². The van der Waals surface area contributed by atoms with E-state index in [9.17, 15) is 4.79 Å². The monoisotopic (exact) mass is 329 g/mol. The van der Waals surface area contributed by atoms with Gasteiger partial charge in [0.25, 0.3) is 5.91 Å². The second-order valence-corrected chi connectivity index (χ2v) is 7.09. The quantitative estimate of drug-likeness (QED) is 0.900. The number of hydrogen-bond donors (Lipinski definition) is 1. The first-order valence-corrected chi connectivity index (χ1v) is 8.57. The zero-order valence-corrected chi connectivity index (χ0v) is 14.1. The van der Waals surface area contributed by atoms with E-state index in [2.05, 4.69) is 27.4 Å². The third-order valence-corrected chi connectivity index (χ3v) is 5.05. The van der Waals surface area contributed by atoms with Gasteiger partial charge >= 0.3 is 0 Å². The number of nitrogens with one attached hydrogen (secondary N) is 1. The molecule has 7 heteroatoms. The molecule has 2 fully saturated rings. The highest BCUT2D eigenvalue weighted by atomic mass is 16.5. The van der Waals surface area contributed by atoms with Gasteiger partial charge in [-0.15, -0.1) is 0 Å². The van der Waals surface area contributed by atoms with Crippen LogP contribution in [0.15, 0.2) is 22.9 Å². The second-order valence-electron chi connectivity index (χ2n) is 7.09. The molecule has 1 saturated carbocycles. The van der Waals surface area contributed by atoms with Crippen LogP contribution in [-0.4, -0.2) is 44.9 Å². The fourth-order valence-corrected chi connectivity index (χ4v) is 3.37. The molecule has 1 aliphatic heterocycles. The molecule has 1 saturated heterocycles. The summed E-state index contributed by atoms with van der Waals surface area (Å²) in [6.45, 7) is 4.82. The zero-order valence-electron chi connectivity index (χ0n) is 14.1. The SMILES string of the molecule is C[C@@H]1CN(Cc2ccnn2C)C[C@H]1NC(=O)c1cc(C2CC2)on1. The number of likely N-dealkylation sites (tertiary alicyclic amines) is 1. The Morgan fingerprint density at radius 1 is 1.42 bits per heavy atom. The van der Waals surface area contributed by atoms with Crippen molar-refractivity contribution in [2.24, 2.45) is 13.0 Å². The van der Waals surface area contributed by atoms with Crippen LogP contribution < -0.4 is 5.32 Å². The Morgan fingerprint density at radius 3 is 2.96 bits per heavy atom. The third kappa shape index (κ3) is 3.08. The van der Waals surface area contributed by atoms with Crippen molar-refractivity contribution in [1.29, 1.82) is 0 Å². The average Bonchev–Trinajstić information content (AvgIpc) is 2.98. The number of rotatable bonds is 5. The molecular formula is C17H23N5O2. The normalized spacial score (nSPS) is 24.4. The Morgan fingerprint density at radius 2 is 2.25 bits per heavy atom. The molecule has 7 nitrogen and oxygen atoms in total. The van der Waals surface area contributed by atoms with Crippen molar-refractivity contribution in [3.8, 4) is 0 Å². The maximum atomic E-state index is 12.4. The van der Waals surface area contributed by atoms with E-state index in [-0.39, 0.29) is 11.9 Å². The molecule has 0 spiro atoms. The number of aryl methyl sites for hydroxylation is 1. The number of carbonyl (C=O) groups excluding carboxylic acids is 1. The summed E-state index contributed by atoms with van der Waals surface area (Å²) in [4.78, 5) is 14.8. The van der Waals surface area contributed by atoms with Gasteiger partial charge in [-0.1, -0.05) is 12.1 Å². The molecule has 3 heterocycles. The van der Waals surface area contributed by atoms with Crippen LogP contribution in [-0.2, 0) is 13.6 Å². The van der Waals surface area contributed by atoms with Crippen molar-refractivity contribution in [3.05, 3.63) is 35.5 Å². The maximum Gasteiger partial charge on any atom is 0.273 e. The summed E-state index contributed by atoms with van der Waals surface area (Å²) in [7, 11) is 1.95. The summed E-state index contributed by atoms with van der Waals surface area (Å²) in [5.74, 6) is 1.58. The van der Waals surface area contributed by atoms with Crippen molar-refractivity contribution in [1.82, 2.24) is 25.2 Å². The van der Waals surface area contributed by atoms with Crippen LogP contribution in [0.4, 0.5) is 0 Å². The third-order valence-electron chi connectivity index (χ3n) is 5.05. The molecule has 2 aromatic heterocycles. The average molecular weight is 329 g/mol. The smallest absolute Gasteiger partial charge is 0.273 e. The maximum absolute atomic E-state index is 12.4. The summed E-state index contributed by atoms with van der Waals surface area (Å²) in [5.41, 5.74) is 1.58. The molecule has 1 aliphatic carbocycles. The summed E-state index contributed by atoms with van der Waals surface area (Å²) in [5, 5.41) is 11.2. The Labute approximate surface area is 141 Å². The molecule has 1 N–H and O–H groups in total. The number of carbonyl (C=O) groups is 1. The van der Waals surface area contributed by atoms with E-state index in [1.807, 2.05) is 24.0 Å². The molecule has 0 aromatic carbocycles. The van der Waals surface area contributed by atoms with Crippen LogP contribution in [0.25, 0.3) is 0 Å². The predicted molar refractivity (Wildman–Crippen MR) is 87.4 cm³/mol. The first kappa shape index (κ1) is 15.4. The van der Waals surface area contributed by atoms with Gasteiger partial charge in [0.15, 0.2) is 5.69 Å². The standard InChI is InChI=1S/C17H23N5O2/c1-11-8-22(9-13-5-6-18-21(13)2)10-15(11)19-17(23)14-7-16(24-20-14)12-3-4-12/h5-7,11-12,15H,3-4,8-10H2,1-2H3,(H,19,23)/t11-,15-/m1/s1. The highest BCUT2D eigenvalue weighted by molar-refractivity contribution is 5.92. The predicted octanol–water partition coefficient (Wildman–Crippen LogP) is 1.54. The summed E-state index contributed by atoms with van der Waals surface area (Å²) < 4.78 is 7.17. The molecule has 128 valence electrons. The number of hydrogen-bond acceptors (Lipinski definition) is 5. The summed E-state index contributed by atoms with van der Waals surface area (Å²) in [6.07, 6.45) is 4.09. The van der Waals surface area contributed by atoms with E-state index in [1.165, 1.54) is 5.69 Å². The lowest BCUT2D eigenvalue weighted by atomic mass is 10.1. The summed E-state index contributed by atoms with van der Waals surface area (Å²) in [6, 6.07) is 3.96. The fourth-order valence-electron chi connectivity index (χ4n) is 3.37. The van der Waals surface area contributed by atoms with Crippen molar-refractivity contribution in [2.45, 2.75) is 38.3 Å². The van der Waals surface area contributed by atoms with Crippen LogP contribution in [0.5, 0.6) is 0 Å². The van der Waals surface area contributed by atoms with Crippen molar-refractivity contribution >= 4 is 5.91 Å². The van der Waals surface area contributed by atoms with Gasteiger partial charge < -0.3 is 9.84 Å². The van der Waals surface area contributed by atoms with Gasteiger partial charge in [-0.25, -0.2) is 0 Å². The Balaban J connectivity index is 1.35. The molecular weight excluding hydrogens is 306 g/mol. The molecule has 0 unspecified atom stereocenters. The van der Waals surface area contributed by atoms with Gasteiger partial charge in [0.2, 0.25) is 0 Å². The first-order chi connectivity index (χ1) is 11.6. The van der Waals surface area contributed by atoms with Gasteiger partial charge in [0.1, 0.15) is 5.76 Å². The van der Waals surface area contributed by atoms with Crippen molar-refractivity contribution in [3.63, 3.8) is 0 Å². The number of nitrogens with zero attached hydrogens (tertiary/aromatic N) is 4. The highest BCUT2D eigenvalue weighted by Crippen LogP contribution is 2.40. The minimum Gasteiger partial charge on any atom is -0.360 e. The van der Waals surface area contributed by atoms with Gasteiger partial charge in [0.05, 0.1) is 5.69 Å². The first-order valence-electron chi connectivity index (χ1n) is 8.57. The molecule has 2 atom stereocenters. The zero-order chi connectivity index (χ0) is 16.7. The van der Waals surface area contributed by atoms with Crippen LogP contribution >= 0.6 is 0 Å². The van der Waals surface area contributed by atoms with Crippen molar-refractivity contribution in [2.75, 3.05) is 13.1 Å². The Hall–Kier alpha value is -2.15. The van der Waals surface area contributed by atoms with E-state index in [0.717, 1.165) is 38.2 Å². The van der Waals surface area contributed by atoms with Gasteiger partial charge in [0, 0.05) is 50.9 Å². The van der Waals surface area contributed by atoms with Crippen LogP contribution in [0, 0.1) is 5.92 Å². The molecule has 4 rings (SSSR count). The van der Waals surface area contributed by atoms with E-state index >= 15 is 0 Å². The van der Waals surface area contributed by atoms with Crippen molar-refractivity contribution < 1.29 is 9.32 Å². The molecule has 0 bridgehead atoms. The summed E-state index contributed by atoms with van der Waals surface area (Å²) >= 11 is 0. The Bertz CT molecular complexity index is 733. The lowest BCUT2D eigenvalue weighted by Crippen LogP contribution is -2.40. The fraction of sp³-hybridized carbons (Fsp3) is 0.588. The van der Waals surface area contributed by atoms with Gasteiger partial charge in [-0.2, -0.15) is 5.10 Å². The van der Waals surface area contributed by atoms with E-state index in [1.54, 1.807) is 6.07 Å². The van der Waals surface area contributed by atoms with E-state index in [0.29, 0.717) is 17.5 Å².